The van der Waals surface area contributed by atoms with Crippen molar-refractivity contribution in [3.63, 3.8) is 0 Å². The van der Waals surface area contributed by atoms with Gasteiger partial charge in [0.1, 0.15) is 5.75 Å². The maximum absolute atomic E-state index is 12.4. The third-order valence-corrected chi connectivity index (χ3v) is 5.33. The smallest absolute Gasteiger partial charge is 0.317 e. The first-order valence-electron chi connectivity index (χ1n) is 9.55. The van der Waals surface area contributed by atoms with Crippen LogP contribution in [0.2, 0.25) is 0 Å². The summed E-state index contributed by atoms with van der Waals surface area (Å²) in [5, 5.41) is 3.04. The number of aryl methyl sites for hydroxylation is 1. The average molecular weight is 404 g/mol. The Morgan fingerprint density at radius 1 is 1.04 bits per heavy atom. The molecule has 0 spiro atoms. The van der Waals surface area contributed by atoms with E-state index < -0.39 is 0 Å². The summed E-state index contributed by atoms with van der Waals surface area (Å²) in [5.74, 6) is 0.851. The van der Waals surface area contributed by atoms with Crippen LogP contribution in [0.5, 0.6) is 5.75 Å². The first kappa shape index (κ1) is 21.9. The van der Waals surface area contributed by atoms with E-state index in [1.54, 1.807) is 7.11 Å². The molecule has 0 radical (unpaired) electrons. The molecule has 2 aromatic carbocycles. The number of urea groups is 1. The fourth-order valence-corrected chi connectivity index (χ4v) is 3.45. The second-order valence-electron chi connectivity index (χ2n) is 7.02. The monoisotopic (exact) mass is 403 g/mol. The standard InChI is InChI=1S/C22H29N3O2.ClH/c1-17-5-4-6-21(18(17)2)24-13-15-25(16-14-24)22(26)23-12-11-19-7-9-20(27-3)10-8-19;/h4-10H,11-16H2,1-3H3,(H,23,26);1H. The molecule has 1 N–H and O–H groups in total. The van der Waals surface area contributed by atoms with Gasteiger partial charge in [0.2, 0.25) is 0 Å². The highest BCUT2D eigenvalue weighted by atomic mass is 35.5. The Labute approximate surface area is 174 Å². The number of halogens is 1. The predicted molar refractivity (Wildman–Crippen MR) is 117 cm³/mol. The Kier molecular flexibility index (Phi) is 8.00. The molecule has 1 aliphatic heterocycles. The summed E-state index contributed by atoms with van der Waals surface area (Å²) in [4.78, 5) is 16.7. The number of nitrogens with one attached hydrogen (secondary N) is 1. The number of benzene rings is 2. The van der Waals surface area contributed by atoms with E-state index in [-0.39, 0.29) is 18.4 Å². The van der Waals surface area contributed by atoms with Crippen LogP contribution in [0.15, 0.2) is 42.5 Å². The number of methoxy groups -OCH3 is 1. The van der Waals surface area contributed by atoms with Crippen molar-refractivity contribution in [1.82, 2.24) is 10.2 Å². The molecule has 2 amide bonds. The van der Waals surface area contributed by atoms with Crippen molar-refractivity contribution in [2.45, 2.75) is 20.3 Å². The van der Waals surface area contributed by atoms with Crippen LogP contribution < -0.4 is 15.0 Å². The summed E-state index contributed by atoms with van der Waals surface area (Å²) in [7, 11) is 1.66. The highest BCUT2D eigenvalue weighted by Gasteiger charge is 2.22. The van der Waals surface area contributed by atoms with Gasteiger partial charge in [-0.15, -0.1) is 12.4 Å². The van der Waals surface area contributed by atoms with Gasteiger partial charge < -0.3 is 19.9 Å². The van der Waals surface area contributed by atoms with Crippen molar-refractivity contribution < 1.29 is 9.53 Å². The number of carbonyl (C=O) groups excluding carboxylic acids is 1. The number of rotatable bonds is 5. The Balaban J connectivity index is 0.00000280. The van der Waals surface area contributed by atoms with Crippen LogP contribution in [0.25, 0.3) is 0 Å². The van der Waals surface area contributed by atoms with E-state index in [1.165, 1.54) is 22.4 Å². The fraction of sp³-hybridized carbons (Fsp3) is 0.409. The van der Waals surface area contributed by atoms with E-state index in [0.717, 1.165) is 38.3 Å². The number of piperazine rings is 1. The van der Waals surface area contributed by atoms with E-state index in [9.17, 15) is 4.79 Å². The van der Waals surface area contributed by atoms with Gasteiger partial charge >= 0.3 is 6.03 Å². The van der Waals surface area contributed by atoms with Gasteiger partial charge in [-0.2, -0.15) is 0 Å². The number of nitrogens with zero attached hydrogens (tertiary/aromatic N) is 2. The number of hydrogen-bond acceptors (Lipinski definition) is 3. The molecule has 1 fully saturated rings. The van der Waals surface area contributed by atoms with Crippen LogP contribution in [0.4, 0.5) is 10.5 Å². The zero-order valence-corrected chi connectivity index (χ0v) is 17.7. The molecule has 0 atom stereocenters. The average Bonchev–Trinajstić information content (AvgIpc) is 2.70. The molecule has 0 bridgehead atoms. The number of hydrogen-bond donors (Lipinski definition) is 1. The van der Waals surface area contributed by atoms with Gasteiger partial charge in [0, 0.05) is 38.4 Å². The second kappa shape index (κ2) is 10.2. The van der Waals surface area contributed by atoms with E-state index in [4.69, 9.17) is 4.74 Å². The fourth-order valence-electron chi connectivity index (χ4n) is 3.45. The highest BCUT2D eigenvalue weighted by molar-refractivity contribution is 5.85. The van der Waals surface area contributed by atoms with Crippen molar-refractivity contribution in [2.75, 3.05) is 44.7 Å². The largest absolute Gasteiger partial charge is 0.497 e. The van der Waals surface area contributed by atoms with Crippen LogP contribution in [0, 0.1) is 13.8 Å². The van der Waals surface area contributed by atoms with Gasteiger partial charge in [0.15, 0.2) is 0 Å². The van der Waals surface area contributed by atoms with E-state index >= 15 is 0 Å². The van der Waals surface area contributed by atoms with E-state index in [1.807, 2.05) is 29.2 Å². The molecule has 0 unspecified atom stereocenters. The van der Waals surface area contributed by atoms with Gasteiger partial charge in [-0.3, -0.25) is 0 Å². The van der Waals surface area contributed by atoms with Crippen molar-refractivity contribution in [3.8, 4) is 5.75 Å². The van der Waals surface area contributed by atoms with Crippen molar-refractivity contribution in [3.05, 3.63) is 59.2 Å². The molecule has 6 heteroatoms. The minimum atomic E-state index is 0. The Morgan fingerprint density at radius 3 is 2.36 bits per heavy atom. The summed E-state index contributed by atoms with van der Waals surface area (Å²) in [6, 6.07) is 14.4. The van der Waals surface area contributed by atoms with Gasteiger partial charge in [0.05, 0.1) is 7.11 Å². The molecule has 152 valence electrons. The molecular formula is C22H30ClN3O2. The van der Waals surface area contributed by atoms with Gasteiger partial charge in [-0.05, 0) is 55.2 Å². The lowest BCUT2D eigenvalue weighted by atomic mass is 10.1. The first-order chi connectivity index (χ1) is 13.1. The third-order valence-electron chi connectivity index (χ3n) is 5.33. The highest BCUT2D eigenvalue weighted by Crippen LogP contribution is 2.23. The Bertz CT molecular complexity index is 772. The molecule has 2 aromatic rings. The molecule has 0 saturated carbocycles. The zero-order chi connectivity index (χ0) is 19.2. The lowest BCUT2D eigenvalue weighted by Gasteiger charge is -2.37. The normalized spacial score (nSPS) is 13.7. The lowest BCUT2D eigenvalue weighted by molar-refractivity contribution is 0.194. The third kappa shape index (κ3) is 5.32. The van der Waals surface area contributed by atoms with Crippen LogP contribution in [-0.4, -0.2) is 50.8 Å². The molecule has 0 aliphatic carbocycles. The quantitative estimate of drug-likeness (QED) is 0.825. The molecule has 1 heterocycles. The predicted octanol–water partition coefficient (Wildman–Crippen LogP) is 3.81. The number of anilines is 1. The minimum Gasteiger partial charge on any atom is -0.497 e. The van der Waals surface area contributed by atoms with Crippen molar-refractivity contribution in [2.24, 2.45) is 0 Å². The summed E-state index contributed by atoms with van der Waals surface area (Å²) < 4.78 is 5.17. The van der Waals surface area contributed by atoms with Crippen LogP contribution in [-0.2, 0) is 6.42 Å². The van der Waals surface area contributed by atoms with E-state index in [2.05, 4.69) is 42.3 Å². The van der Waals surface area contributed by atoms with E-state index in [0.29, 0.717) is 6.54 Å². The summed E-state index contributed by atoms with van der Waals surface area (Å²) >= 11 is 0. The van der Waals surface area contributed by atoms with Gasteiger partial charge in [-0.1, -0.05) is 24.3 Å². The van der Waals surface area contributed by atoms with Crippen LogP contribution in [0.1, 0.15) is 16.7 Å². The molecule has 1 aliphatic rings. The van der Waals surface area contributed by atoms with Gasteiger partial charge in [-0.25, -0.2) is 4.79 Å². The molecule has 1 saturated heterocycles. The maximum atomic E-state index is 12.4. The maximum Gasteiger partial charge on any atom is 0.317 e. The Hall–Kier alpha value is -2.40. The minimum absolute atomic E-state index is 0. The van der Waals surface area contributed by atoms with Crippen LogP contribution >= 0.6 is 12.4 Å². The molecule has 28 heavy (non-hydrogen) atoms. The number of amides is 2. The van der Waals surface area contributed by atoms with Crippen LogP contribution in [0.3, 0.4) is 0 Å². The van der Waals surface area contributed by atoms with Crippen molar-refractivity contribution >= 4 is 24.1 Å². The zero-order valence-electron chi connectivity index (χ0n) is 16.9. The SMILES string of the molecule is COc1ccc(CCNC(=O)N2CCN(c3cccc(C)c3C)CC2)cc1.Cl. The lowest BCUT2D eigenvalue weighted by Crippen LogP contribution is -2.52. The van der Waals surface area contributed by atoms with Crippen molar-refractivity contribution in [1.29, 1.82) is 0 Å². The second-order valence-corrected chi connectivity index (χ2v) is 7.02. The molecule has 3 rings (SSSR count). The summed E-state index contributed by atoms with van der Waals surface area (Å²) in [6.45, 7) is 8.20. The number of carbonyl (C=O) groups is 1. The summed E-state index contributed by atoms with van der Waals surface area (Å²) in [5.41, 5.74) is 5.12. The topological polar surface area (TPSA) is 44.8 Å². The molecular weight excluding hydrogens is 374 g/mol. The Morgan fingerprint density at radius 2 is 1.71 bits per heavy atom. The summed E-state index contributed by atoms with van der Waals surface area (Å²) in [6.07, 6.45) is 0.818. The number of ether oxygens (including phenoxy) is 1. The molecule has 5 nitrogen and oxygen atoms in total. The first-order valence-corrected chi connectivity index (χ1v) is 9.55. The van der Waals surface area contributed by atoms with Gasteiger partial charge in [0.25, 0.3) is 0 Å². The molecule has 0 aromatic heterocycles.